The van der Waals surface area contributed by atoms with Crippen molar-refractivity contribution in [3.8, 4) is 11.3 Å². The molecule has 0 saturated heterocycles. The molecule has 1 radical (unpaired) electrons. The number of hydrogen-bond acceptors (Lipinski definition) is 4. The predicted octanol–water partition coefficient (Wildman–Crippen LogP) is 8.58. The quantitative estimate of drug-likeness (QED) is 0.0799. The van der Waals surface area contributed by atoms with Crippen LogP contribution in [0.4, 0.5) is 0 Å². The van der Waals surface area contributed by atoms with E-state index in [0.29, 0.717) is 0 Å². The Morgan fingerprint density at radius 3 is 2.27 bits per heavy atom. The van der Waals surface area contributed by atoms with E-state index in [0.717, 1.165) is 37.2 Å². The summed E-state index contributed by atoms with van der Waals surface area (Å²) < 4.78 is 13.3. The number of ketones is 1. The average Bonchev–Trinajstić information content (AvgIpc) is 2.90. The summed E-state index contributed by atoms with van der Waals surface area (Å²) in [5.41, 5.74) is 0.965. The minimum Gasteiger partial charge on any atom is -0.512 e. The Bertz CT molecular complexity index is 1830. The largest absolute Gasteiger partial charge is 0.512 e. The van der Waals surface area contributed by atoms with E-state index in [4.69, 9.17) is 0 Å². The first-order valence-electron chi connectivity index (χ1n) is 13.0. The normalized spacial score (nSPS) is 14.8. The van der Waals surface area contributed by atoms with Gasteiger partial charge in [0.05, 0.1) is 0 Å². The van der Waals surface area contributed by atoms with Gasteiger partial charge in [-0.05, 0) is 55.0 Å². The van der Waals surface area contributed by atoms with Gasteiger partial charge < -0.3 is 10.1 Å². The maximum atomic E-state index is 13.3. The Balaban J connectivity index is 0.000000229. The van der Waals surface area contributed by atoms with Crippen LogP contribution in [0.3, 0.4) is 0 Å². The first kappa shape index (κ1) is 29.8. The molecule has 0 fully saturated rings. The third-order valence-electron chi connectivity index (χ3n) is 6.96. The number of aromatic nitrogens is 1. The standard InChI is InChI=1S/C23H12NOS.C11H20O2.Ir/c25-26-20-8-4-3-7-18(20)23-22-17(11-12-24-23)16-10-9-14-5-1-2-6-15(14)19(16)13-21(22)26;1-10(2,3)8(12)7-9(13)11(4,5)6;/h1-6,8-13H;7,12H,1-6H3;/q-1;;/b;8-7-;. The Kier molecular flexibility index (Phi) is 8.20. The van der Waals surface area contributed by atoms with Crippen LogP contribution in [0.15, 0.2) is 94.6 Å². The summed E-state index contributed by atoms with van der Waals surface area (Å²) in [4.78, 5) is 17.7. The molecule has 1 aliphatic rings. The van der Waals surface area contributed by atoms with Crippen molar-refractivity contribution in [1.82, 2.24) is 4.98 Å². The van der Waals surface area contributed by atoms with Gasteiger partial charge in [-0.25, -0.2) is 0 Å². The summed E-state index contributed by atoms with van der Waals surface area (Å²) in [6.07, 6.45) is 3.18. The molecule has 0 bridgehead atoms. The van der Waals surface area contributed by atoms with Gasteiger partial charge in [0.1, 0.15) is 5.76 Å². The maximum Gasteiger partial charge on any atom is 0.164 e. The van der Waals surface area contributed by atoms with Gasteiger partial charge in [-0.3, -0.25) is 9.00 Å². The van der Waals surface area contributed by atoms with Gasteiger partial charge in [0.2, 0.25) is 0 Å². The van der Waals surface area contributed by atoms with Crippen LogP contribution in [0, 0.1) is 16.9 Å². The minimum absolute atomic E-state index is 0. The van der Waals surface area contributed by atoms with Crippen LogP contribution >= 0.6 is 0 Å². The summed E-state index contributed by atoms with van der Waals surface area (Å²) in [6.45, 7) is 11.1. The first-order valence-corrected chi connectivity index (χ1v) is 14.1. The Morgan fingerprint density at radius 1 is 0.850 bits per heavy atom. The van der Waals surface area contributed by atoms with Crippen molar-refractivity contribution >= 4 is 48.9 Å². The van der Waals surface area contributed by atoms with Gasteiger partial charge in [0, 0.05) is 58.9 Å². The van der Waals surface area contributed by atoms with Crippen molar-refractivity contribution in [3.63, 3.8) is 0 Å². The second kappa shape index (κ2) is 11.0. The molecule has 1 aromatic heterocycles. The van der Waals surface area contributed by atoms with Crippen molar-refractivity contribution in [3.05, 3.63) is 90.8 Å². The van der Waals surface area contributed by atoms with Crippen LogP contribution in [-0.2, 0) is 35.7 Å². The third-order valence-corrected chi connectivity index (χ3v) is 8.42. The maximum absolute atomic E-state index is 13.3. The van der Waals surface area contributed by atoms with E-state index in [1.165, 1.54) is 22.2 Å². The molecular weight excluding hydrogens is 695 g/mol. The fourth-order valence-electron chi connectivity index (χ4n) is 4.60. The van der Waals surface area contributed by atoms with Gasteiger partial charge in [0.15, 0.2) is 5.78 Å². The van der Waals surface area contributed by atoms with E-state index in [1.54, 1.807) is 0 Å². The Hall–Kier alpha value is -3.18. The number of aliphatic hydroxyl groups excluding tert-OH is 1. The number of rotatable bonds is 1. The number of hydrogen-bond donors (Lipinski definition) is 1. The second-order valence-corrected chi connectivity index (χ2v) is 13.3. The van der Waals surface area contributed by atoms with E-state index in [2.05, 4.69) is 47.4 Å². The number of carbonyl (C=O) groups excluding carboxylic acids is 1. The molecule has 0 spiro atoms. The molecule has 0 amide bonds. The van der Waals surface area contributed by atoms with Gasteiger partial charge in [-0.15, -0.1) is 29.8 Å². The summed E-state index contributed by atoms with van der Waals surface area (Å²) in [5, 5.41) is 16.3. The average molecular weight is 727 g/mol. The van der Waals surface area contributed by atoms with E-state index >= 15 is 0 Å². The molecule has 5 aromatic rings. The van der Waals surface area contributed by atoms with Crippen molar-refractivity contribution in [2.24, 2.45) is 10.8 Å². The molecule has 40 heavy (non-hydrogen) atoms. The van der Waals surface area contributed by atoms with Crippen molar-refractivity contribution in [1.29, 1.82) is 0 Å². The number of benzene rings is 4. The first-order chi connectivity index (χ1) is 18.4. The molecule has 6 heteroatoms. The molecular formula is C34H32IrNO3S-. The number of allylic oxidation sites excluding steroid dienone is 2. The zero-order chi connectivity index (χ0) is 28.1. The summed E-state index contributed by atoms with van der Waals surface area (Å²) in [5.74, 6) is 0.104. The van der Waals surface area contributed by atoms with Crippen LogP contribution in [0.2, 0.25) is 0 Å². The second-order valence-electron chi connectivity index (χ2n) is 11.9. The summed E-state index contributed by atoms with van der Waals surface area (Å²) in [7, 11) is -1.23. The van der Waals surface area contributed by atoms with E-state index < -0.39 is 16.2 Å². The molecule has 0 aliphatic carbocycles. The topological polar surface area (TPSA) is 67.3 Å². The Labute approximate surface area is 251 Å². The zero-order valence-corrected chi connectivity index (χ0v) is 26.7. The van der Waals surface area contributed by atoms with E-state index in [9.17, 15) is 14.1 Å². The molecule has 0 saturated carbocycles. The fourth-order valence-corrected chi connectivity index (χ4v) is 5.99. The molecule has 2 heterocycles. The minimum atomic E-state index is -1.23. The SMILES string of the molecule is CC(C)(C)C(=O)/C=C(\O)C(C)(C)C.O=S1c2ccc[c-]c2-c2nccc3c2c1cc1c2ccccc2ccc31.[Ir]. The molecule has 6 rings (SSSR count). The molecule has 1 atom stereocenters. The summed E-state index contributed by atoms with van der Waals surface area (Å²) >= 11 is 0. The molecule has 4 aromatic carbocycles. The number of fused-ring (bicyclic) bond motifs is 6. The number of pyridine rings is 1. The van der Waals surface area contributed by atoms with Crippen molar-refractivity contribution in [2.75, 3.05) is 0 Å². The summed E-state index contributed by atoms with van der Waals surface area (Å²) in [6, 6.07) is 25.7. The molecule has 1 N–H and O–H groups in total. The number of aliphatic hydroxyl groups is 1. The fraction of sp³-hybridized carbons (Fsp3) is 0.235. The molecule has 4 nitrogen and oxygen atoms in total. The number of carbonyl (C=O) groups is 1. The number of nitrogens with zero attached hydrogens (tertiary/aromatic N) is 1. The molecule has 1 aliphatic heterocycles. The van der Waals surface area contributed by atoms with Gasteiger partial charge in [-0.1, -0.05) is 77.9 Å². The van der Waals surface area contributed by atoms with Crippen LogP contribution in [0.5, 0.6) is 0 Å². The molecule has 1 unspecified atom stereocenters. The van der Waals surface area contributed by atoms with Crippen molar-refractivity contribution < 1.29 is 34.2 Å². The van der Waals surface area contributed by atoms with Crippen LogP contribution < -0.4 is 0 Å². The van der Waals surface area contributed by atoms with Crippen molar-refractivity contribution in [2.45, 2.75) is 51.3 Å². The molecule has 207 valence electrons. The van der Waals surface area contributed by atoms with Gasteiger partial charge >= 0.3 is 0 Å². The predicted molar refractivity (Wildman–Crippen MR) is 160 cm³/mol. The van der Waals surface area contributed by atoms with Gasteiger partial charge in [0.25, 0.3) is 0 Å². The van der Waals surface area contributed by atoms with Gasteiger partial charge in [-0.2, -0.15) is 0 Å². The monoisotopic (exact) mass is 727 g/mol. The third kappa shape index (κ3) is 5.41. The zero-order valence-electron chi connectivity index (χ0n) is 23.5. The van der Waals surface area contributed by atoms with Crippen LogP contribution in [0.1, 0.15) is 41.5 Å². The van der Waals surface area contributed by atoms with E-state index in [1.807, 2.05) is 78.1 Å². The van der Waals surface area contributed by atoms with Crippen LogP contribution in [-0.4, -0.2) is 20.1 Å². The Morgan fingerprint density at radius 2 is 1.57 bits per heavy atom. The van der Waals surface area contributed by atoms with Crippen LogP contribution in [0.25, 0.3) is 43.6 Å². The smallest absolute Gasteiger partial charge is 0.164 e. The van der Waals surface area contributed by atoms with E-state index in [-0.39, 0.29) is 37.1 Å².